The van der Waals surface area contributed by atoms with E-state index in [1.165, 1.54) is 28.9 Å². The molecule has 2 aliphatic heterocycles. The van der Waals surface area contributed by atoms with E-state index < -0.39 is 0 Å². The molecule has 28 heavy (non-hydrogen) atoms. The molecule has 2 aliphatic rings. The molecule has 2 aromatic rings. The number of benzene rings is 2. The third-order valence-corrected chi connectivity index (χ3v) is 6.85. The first-order chi connectivity index (χ1) is 13.8. The predicted octanol–water partition coefficient (Wildman–Crippen LogP) is 5.68. The lowest BCUT2D eigenvalue weighted by Gasteiger charge is -2.23. The first kappa shape index (κ1) is 19.1. The molecule has 0 N–H and O–H groups in total. The number of rotatable bonds is 7. The summed E-state index contributed by atoms with van der Waals surface area (Å²) in [6.45, 7) is 3.60. The van der Waals surface area contributed by atoms with Crippen molar-refractivity contribution >= 4 is 17.8 Å². The molecule has 2 atom stereocenters. The zero-order chi connectivity index (χ0) is 19.3. The normalized spacial score (nSPS) is 22.9. The smallest absolute Gasteiger partial charge is 0.314 e. The van der Waals surface area contributed by atoms with Crippen molar-refractivity contribution in [3.63, 3.8) is 0 Å². The Morgan fingerprint density at radius 2 is 1.57 bits per heavy atom. The minimum absolute atomic E-state index is 0.171. The molecule has 3 nitrogen and oxygen atoms in total. The molecule has 0 aliphatic carbocycles. The van der Waals surface area contributed by atoms with Gasteiger partial charge in [0.25, 0.3) is 0 Å². The molecule has 0 saturated carbocycles. The van der Waals surface area contributed by atoms with Crippen LogP contribution in [0.1, 0.15) is 37.3 Å². The fourth-order valence-electron chi connectivity index (χ4n) is 4.13. The van der Waals surface area contributed by atoms with Crippen LogP contribution in [0.2, 0.25) is 0 Å². The summed E-state index contributed by atoms with van der Waals surface area (Å²) >= 11 is 1.94. The number of amides is 2. The van der Waals surface area contributed by atoms with Crippen molar-refractivity contribution in [2.45, 2.75) is 51.4 Å². The van der Waals surface area contributed by atoms with Gasteiger partial charge in [-0.1, -0.05) is 86.5 Å². The van der Waals surface area contributed by atoms with Crippen molar-refractivity contribution in [3.05, 3.63) is 82.8 Å². The number of hydrogen-bond donors (Lipinski definition) is 0. The fourth-order valence-corrected chi connectivity index (χ4v) is 5.55. The molecule has 2 fully saturated rings. The van der Waals surface area contributed by atoms with E-state index in [9.17, 15) is 4.79 Å². The summed E-state index contributed by atoms with van der Waals surface area (Å²) in [7, 11) is 0. The average Bonchev–Trinajstić information content (AvgIpc) is 3.24. The third kappa shape index (κ3) is 3.97. The topological polar surface area (TPSA) is 23.6 Å². The van der Waals surface area contributed by atoms with Crippen molar-refractivity contribution in [1.82, 2.24) is 9.80 Å². The number of nitrogens with zero attached hydrogens (tertiary/aromatic N) is 2. The Labute approximate surface area is 172 Å². The first-order valence-corrected chi connectivity index (χ1v) is 11.2. The van der Waals surface area contributed by atoms with Crippen LogP contribution in [0.3, 0.4) is 0 Å². The van der Waals surface area contributed by atoms with Gasteiger partial charge in [0.1, 0.15) is 0 Å². The lowest BCUT2D eigenvalue weighted by atomic mass is 10.1. The van der Waals surface area contributed by atoms with Crippen molar-refractivity contribution in [3.8, 4) is 0 Å². The van der Waals surface area contributed by atoms with Gasteiger partial charge in [-0.2, -0.15) is 0 Å². The van der Waals surface area contributed by atoms with Crippen LogP contribution in [0, 0.1) is 0 Å². The Bertz CT molecular complexity index is 821. The highest BCUT2D eigenvalue weighted by Crippen LogP contribution is 2.43. The average molecular weight is 393 g/mol. The highest BCUT2D eigenvalue weighted by atomic mass is 32.2. The zero-order valence-corrected chi connectivity index (χ0v) is 17.3. The number of carbonyl (C=O) groups excluding carboxylic acids is 1. The number of thioether (sulfide) groups is 1. The maximum Gasteiger partial charge on any atom is 0.321 e. The summed E-state index contributed by atoms with van der Waals surface area (Å²) in [5.74, 6) is 0.993. The maximum absolute atomic E-state index is 13.4. The predicted molar refractivity (Wildman–Crippen MR) is 117 cm³/mol. The van der Waals surface area contributed by atoms with Crippen molar-refractivity contribution in [2.75, 3.05) is 5.75 Å². The molecule has 0 bridgehead atoms. The summed E-state index contributed by atoms with van der Waals surface area (Å²) in [6, 6.07) is 21.3. The molecule has 146 valence electrons. The monoisotopic (exact) mass is 392 g/mol. The molecule has 2 aromatic carbocycles. The van der Waals surface area contributed by atoms with Crippen LogP contribution in [-0.2, 0) is 13.1 Å². The lowest BCUT2D eigenvalue weighted by molar-refractivity contribution is 0.183. The van der Waals surface area contributed by atoms with Crippen LogP contribution >= 0.6 is 11.8 Å². The fraction of sp³-hybridized carbons (Fsp3) is 0.375. The van der Waals surface area contributed by atoms with Gasteiger partial charge in [0.15, 0.2) is 0 Å². The zero-order valence-electron chi connectivity index (χ0n) is 16.5. The minimum Gasteiger partial charge on any atom is -0.314 e. The van der Waals surface area contributed by atoms with E-state index in [1.807, 2.05) is 23.9 Å². The number of carbonyl (C=O) groups is 1. The van der Waals surface area contributed by atoms with Gasteiger partial charge >= 0.3 is 6.03 Å². The molecule has 0 aromatic heterocycles. The van der Waals surface area contributed by atoms with E-state index in [0.717, 1.165) is 12.2 Å². The van der Waals surface area contributed by atoms with Gasteiger partial charge in [0, 0.05) is 23.7 Å². The number of hydrogen-bond acceptors (Lipinski definition) is 2. The van der Waals surface area contributed by atoms with Gasteiger partial charge in [-0.3, -0.25) is 0 Å². The minimum atomic E-state index is 0.171. The van der Waals surface area contributed by atoms with Crippen LogP contribution in [-0.4, -0.2) is 33.7 Å². The van der Waals surface area contributed by atoms with E-state index in [1.54, 1.807) is 0 Å². The molecule has 4 heteroatoms. The second kappa shape index (κ2) is 8.87. The number of allylic oxidation sites excluding steroid dienone is 1. The molecule has 2 heterocycles. The standard InChI is InChI=1S/C24H28N2OS/c1-2-3-6-15-22-23-21(18-28-22)25(16-19-11-7-4-8-12-19)24(27)26(23)17-20-13-9-5-10-14-20/h4-5,7-15,21,23H,2-3,6,16-18H2,1H3/b22-15-/t21-,23-/m0/s1. The van der Waals surface area contributed by atoms with Gasteiger partial charge in [0.05, 0.1) is 12.1 Å². The van der Waals surface area contributed by atoms with Gasteiger partial charge < -0.3 is 9.80 Å². The largest absolute Gasteiger partial charge is 0.321 e. The highest BCUT2D eigenvalue weighted by molar-refractivity contribution is 8.03. The summed E-state index contributed by atoms with van der Waals surface area (Å²) in [6.07, 6.45) is 5.90. The van der Waals surface area contributed by atoms with Crippen LogP contribution in [0.4, 0.5) is 4.79 Å². The van der Waals surface area contributed by atoms with E-state index in [0.29, 0.717) is 13.1 Å². The van der Waals surface area contributed by atoms with Gasteiger partial charge in [-0.05, 0) is 17.5 Å². The van der Waals surface area contributed by atoms with E-state index in [2.05, 4.69) is 71.3 Å². The summed E-state index contributed by atoms with van der Waals surface area (Å²) < 4.78 is 0. The van der Waals surface area contributed by atoms with Gasteiger partial charge in [0.2, 0.25) is 0 Å². The van der Waals surface area contributed by atoms with E-state index in [4.69, 9.17) is 0 Å². The lowest BCUT2D eigenvalue weighted by Crippen LogP contribution is -2.35. The highest BCUT2D eigenvalue weighted by Gasteiger charge is 2.50. The SMILES string of the molecule is CCCC/C=C1\SC[C@H]2[C@@H]1N(Cc1ccccc1)C(=O)N2Cc1ccccc1. The third-order valence-electron chi connectivity index (χ3n) is 5.60. The first-order valence-electron chi connectivity index (χ1n) is 10.3. The number of urea groups is 1. The molecule has 0 radical (unpaired) electrons. The van der Waals surface area contributed by atoms with Crippen LogP contribution < -0.4 is 0 Å². The Hall–Kier alpha value is -2.20. The Morgan fingerprint density at radius 3 is 2.18 bits per heavy atom. The summed E-state index contributed by atoms with van der Waals surface area (Å²) in [5.41, 5.74) is 2.39. The Morgan fingerprint density at radius 1 is 0.964 bits per heavy atom. The van der Waals surface area contributed by atoms with Crippen molar-refractivity contribution < 1.29 is 4.79 Å². The number of fused-ring (bicyclic) bond motifs is 1. The van der Waals surface area contributed by atoms with Crippen molar-refractivity contribution in [1.29, 1.82) is 0 Å². The quantitative estimate of drug-likeness (QED) is 0.447. The summed E-state index contributed by atoms with van der Waals surface area (Å²) in [5, 5.41) is 0. The molecular formula is C24H28N2OS. The van der Waals surface area contributed by atoms with Crippen LogP contribution in [0.5, 0.6) is 0 Å². The van der Waals surface area contributed by atoms with Crippen LogP contribution in [0.15, 0.2) is 71.6 Å². The van der Waals surface area contributed by atoms with E-state index in [-0.39, 0.29) is 18.1 Å². The van der Waals surface area contributed by atoms with Crippen LogP contribution in [0.25, 0.3) is 0 Å². The summed E-state index contributed by atoms with van der Waals surface area (Å²) in [4.78, 5) is 19.0. The van der Waals surface area contributed by atoms with E-state index >= 15 is 0 Å². The second-order valence-corrected chi connectivity index (χ2v) is 8.67. The molecule has 2 saturated heterocycles. The molecule has 4 rings (SSSR count). The Kier molecular flexibility index (Phi) is 6.06. The molecule has 2 amide bonds. The molecule has 0 unspecified atom stereocenters. The number of unbranched alkanes of at least 4 members (excludes halogenated alkanes) is 2. The molecular weight excluding hydrogens is 364 g/mol. The second-order valence-electron chi connectivity index (χ2n) is 7.58. The molecule has 0 spiro atoms. The maximum atomic E-state index is 13.4. The Balaban J connectivity index is 1.60. The van der Waals surface area contributed by atoms with Gasteiger partial charge in [-0.25, -0.2) is 4.79 Å². The van der Waals surface area contributed by atoms with Gasteiger partial charge in [-0.15, -0.1) is 11.8 Å². The van der Waals surface area contributed by atoms with Crippen molar-refractivity contribution in [2.24, 2.45) is 0 Å².